The van der Waals surface area contributed by atoms with Gasteiger partial charge in [-0.3, -0.25) is 4.79 Å². The molecule has 1 spiro atoms. The van der Waals surface area contributed by atoms with E-state index in [1.54, 1.807) is 5.57 Å². The monoisotopic (exact) mass is 727 g/mol. The SMILES string of the molecule is NCCC1=CC(CCCCCCC2CC=CC(CO)C(C(=O)O)C3(CCC4C=c5ccccc5=CC4C3)c3cccc(c3)CC2c2ccc(O)cc2)CC1. The third-order valence-electron chi connectivity index (χ3n) is 13.7. The van der Waals surface area contributed by atoms with Crippen molar-refractivity contribution in [1.29, 1.82) is 0 Å². The Labute approximate surface area is 322 Å². The minimum absolute atomic E-state index is 0.197. The molecule has 3 aromatic rings. The summed E-state index contributed by atoms with van der Waals surface area (Å²) in [6, 6.07) is 25.2. The number of unbranched alkanes of at least 4 members (excludes halogenated alkanes) is 3. The Morgan fingerprint density at radius 2 is 1.61 bits per heavy atom. The van der Waals surface area contributed by atoms with Crippen LogP contribution in [0.25, 0.3) is 12.2 Å². The number of benzene rings is 3. The van der Waals surface area contributed by atoms with E-state index >= 15 is 0 Å². The molecule has 5 heteroatoms. The van der Waals surface area contributed by atoms with Crippen molar-refractivity contribution in [1.82, 2.24) is 0 Å². The molecule has 5 N–H and O–H groups in total. The third kappa shape index (κ3) is 8.63. The Morgan fingerprint density at radius 3 is 2.35 bits per heavy atom. The van der Waals surface area contributed by atoms with Gasteiger partial charge in [-0.25, -0.2) is 0 Å². The van der Waals surface area contributed by atoms with Gasteiger partial charge >= 0.3 is 5.97 Å². The van der Waals surface area contributed by atoms with E-state index in [2.05, 4.69) is 91.0 Å². The number of phenolic OH excluding ortho intramolecular Hbond substituents is 1. The first kappa shape index (κ1) is 38.3. The number of nitrogens with two attached hydrogens (primary N) is 1. The molecule has 3 aromatic carbocycles. The van der Waals surface area contributed by atoms with Crippen molar-refractivity contribution >= 4 is 18.1 Å². The van der Waals surface area contributed by atoms with E-state index in [-0.39, 0.29) is 24.2 Å². The maximum atomic E-state index is 13.6. The molecular formula is C49H61NO4. The average Bonchev–Trinajstić information content (AvgIpc) is 3.63. The number of rotatable bonds is 12. The molecule has 54 heavy (non-hydrogen) atoms. The van der Waals surface area contributed by atoms with Crippen LogP contribution in [0.4, 0.5) is 0 Å². The highest BCUT2D eigenvalue weighted by molar-refractivity contribution is 5.74. The van der Waals surface area contributed by atoms with Gasteiger partial charge in [-0.05, 0) is 140 Å². The van der Waals surface area contributed by atoms with Crippen LogP contribution in [0.3, 0.4) is 0 Å². The lowest BCUT2D eigenvalue weighted by molar-refractivity contribution is -0.148. The molecule has 1 saturated carbocycles. The van der Waals surface area contributed by atoms with E-state index in [4.69, 9.17) is 5.73 Å². The number of phenols is 1. The minimum Gasteiger partial charge on any atom is -0.508 e. The molecule has 5 nitrogen and oxygen atoms in total. The number of aliphatic carboxylic acids is 1. The van der Waals surface area contributed by atoms with Crippen LogP contribution in [0.1, 0.15) is 106 Å². The molecule has 0 aliphatic heterocycles. The Bertz CT molecular complexity index is 1910. The summed E-state index contributed by atoms with van der Waals surface area (Å²) in [6.07, 6.45) is 26.4. The number of hydrogen-bond donors (Lipinski definition) is 4. The molecule has 4 aliphatic carbocycles. The normalized spacial score (nSPS) is 29.1. The number of hydrogen-bond acceptors (Lipinski definition) is 4. The fourth-order valence-electron chi connectivity index (χ4n) is 10.9. The second-order valence-electron chi connectivity index (χ2n) is 17.0. The number of aromatic hydroxyl groups is 1. The maximum Gasteiger partial charge on any atom is 0.308 e. The van der Waals surface area contributed by atoms with Crippen molar-refractivity contribution in [3.05, 3.63) is 124 Å². The zero-order valence-corrected chi connectivity index (χ0v) is 32.0. The lowest BCUT2D eigenvalue weighted by Gasteiger charge is -2.49. The molecule has 0 amide bonds. The molecule has 0 heterocycles. The molecule has 1 fully saturated rings. The summed E-state index contributed by atoms with van der Waals surface area (Å²) in [4.78, 5) is 13.6. The van der Waals surface area contributed by atoms with Crippen LogP contribution in [-0.4, -0.2) is 34.4 Å². The van der Waals surface area contributed by atoms with Crippen LogP contribution in [0.5, 0.6) is 5.75 Å². The van der Waals surface area contributed by atoms with E-state index in [0.717, 1.165) is 69.4 Å². The number of aliphatic hydroxyl groups is 1. The molecular weight excluding hydrogens is 667 g/mol. The smallest absolute Gasteiger partial charge is 0.308 e. The van der Waals surface area contributed by atoms with Crippen LogP contribution < -0.4 is 16.2 Å². The second-order valence-corrected chi connectivity index (χ2v) is 17.0. The number of carbonyl (C=O) groups is 1. The first-order chi connectivity index (χ1) is 26.4. The Morgan fingerprint density at radius 1 is 0.852 bits per heavy atom. The van der Waals surface area contributed by atoms with Crippen molar-refractivity contribution < 1.29 is 20.1 Å². The van der Waals surface area contributed by atoms with Gasteiger partial charge in [0.25, 0.3) is 0 Å². The first-order valence-electron chi connectivity index (χ1n) is 20.9. The van der Waals surface area contributed by atoms with Gasteiger partial charge in [0.15, 0.2) is 0 Å². The number of carboxylic acid groups (broad SMARTS) is 1. The highest BCUT2D eigenvalue weighted by Gasteiger charge is 2.51. The summed E-state index contributed by atoms with van der Waals surface area (Å²) < 4.78 is 0. The number of aliphatic hydroxyl groups excluding tert-OH is 1. The quantitative estimate of drug-likeness (QED) is 0.111. The zero-order chi connectivity index (χ0) is 37.5. The minimum atomic E-state index is -0.818. The van der Waals surface area contributed by atoms with Crippen molar-refractivity contribution in [2.45, 2.75) is 101 Å². The van der Waals surface area contributed by atoms with Gasteiger partial charge in [0.05, 0.1) is 12.5 Å². The van der Waals surface area contributed by atoms with E-state index in [0.29, 0.717) is 11.8 Å². The van der Waals surface area contributed by atoms with Gasteiger partial charge in [0.1, 0.15) is 5.75 Å². The molecule has 0 aromatic heterocycles. The van der Waals surface area contributed by atoms with Crippen molar-refractivity contribution in [3.8, 4) is 5.75 Å². The summed E-state index contributed by atoms with van der Waals surface area (Å²) in [5.74, 6) is 0.122. The van der Waals surface area contributed by atoms with Crippen molar-refractivity contribution in [2.24, 2.45) is 41.2 Å². The van der Waals surface area contributed by atoms with Gasteiger partial charge in [-0.1, -0.05) is 122 Å². The fourth-order valence-corrected chi connectivity index (χ4v) is 10.9. The molecule has 4 aliphatic rings. The summed E-state index contributed by atoms with van der Waals surface area (Å²) in [5.41, 5.74) is 10.3. The second kappa shape index (κ2) is 17.7. The van der Waals surface area contributed by atoms with Crippen molar-refractivity contribution in [3.63, 3.8) is 0 Å². The van der Waals surface area contributed by atoms with Crippen LogP contribution in [0.15, 0.2) is 96.6 Å². The fraction of sp³-hybridized carbons (Fsp3) is 0.490. The molecule has 286 valence electrons. The molecule has 8 atom stereocenters. The number of carboxylic acids is 1. The Kier molecular flexibility index (Phi) is 12.6. The summed E-state index contributed by atoms with van der Waals surface area (Å²) in [6.45, 7) is 0.555. The lowest BCUT2D eigenvalue weighted by Crippen LogP contribution is -2.50. The van der Waals surface area contributed by atoms with Gasteiger partial charge in [-0.15, -0.1) is 0 Å². The predicted molar refractivity (Wildman–Crippen MR) is 219 cm³/mol. The van der Waals surface area contributed by atoms with Crippen LogP contribution >= 0.6 is 0 Å². The van der Waals surface area contributed by atoms with Crippen LogP contribution in [-0.2, 0) is 16.6 Å². The zero-order valence-electron chi connectivity index (χ0n) is 32.0. The van der Waals surface area contributed by atoms with Gasteiger partial charge in [-0.2, -0.15) is 0 Å². The van der Waals surface area contributed by atoms with Gasteiger partial charge in [0.2, 0.25) is 0 Å². The number of fused-ring (bicyclic) bond motifs is 5. The van der Waals surface area contributed by atoms with Crippen LogP contribution in [0, 0.1) is 35.5 Å². The lowest BCUT2D eigenvalue weighted by atomic mass is 9.54. The highest BCUT2D eigenvalue weighted by Crippen LogP contribution is 2.53. The maximum absolute atomic E-state index is 13.6. The third-order valence-corrected chi connectivity index (χ3v) is 13.7. The Balaban J connectivity index is 1.17. The standard InChI is InChI=1S/C49H61NO4/c50-26-24-35-18-17-34(27-35)9-3-1-2-4-11-37-14-8-15-42(33-51)47(48(53)54)49(25-23-41-30-39-12-5-6-13-40(39)31-43(41)32-49)44-16-7-10-36(28-44)29-46(37)38-19-21-45(52)22-20-38/h5-8,10,12-13,15-16,19-22,27-28,30-31,34,37,41-43,46-47,51-52H,1-4,9,11,14,17-18,23-26,29,32-33,50H2,(H,53,54). The van der Waals surface area contributed by atoms with E-state index in [1.165, 1.54) is 60.1 Å². The summed E-state index contributed by atoms with van der Waals surface area (Å²) in [5, 5.41) is 34.8. The molecule has 0 radical (unpaired) electrons. The molecule has 2 bridgehead atoms. The van der Waals surface area contributed by atoms with E-state index in [1.807, 2.05) is 12.1 Å². The van der Waals surface area contributed by atoms with Crippen molar-refractivity contribution in [2.75, 3.05) is 13.2 Å². The molecule has 7 rings (SSSR count). The number of allylic oxidation sites excluding steroid dienone is 2. The van der Waals surface area contributed by atoms with E-state index < -0.39 is 23.2 Å². The Hall–Kier alpha value is -3.93. The first-order valence-corrected chi connectivity index (χ1v) is 20.9. The predicted octanol–water partition coefficient (Wildman–Crippen LogP) is 8.56. The molecule has 0 saturated heterocycles. The largest absolute Gasteiger partial charge is 0.508 e. The molecule has 8 unspecified atom stereocenters. The van der Waals surface area contributed by atoms with E-state index in [9.17, 15) is 20.1 Å². The van der Waals surface area contributed by atoms with Gasteiger partial charge < -0.3 is 21.1 Å². The summed E-state index contributed by atoms with van der Waals surface area (Å²) >= 11 is 0. The average molecular weight is 728 g/mol. The topological polar surface area (TPSA) is 104 Å². The van der Waals surface area contributed by atoms with Gasteiger partial charge in [0, 0.05) is 11.3 Å². The van der Waals surface area contributed by atoms with Crippen LogP contribution in [0.2, 0.25) is 0 Å². The highest BCUT2D eigenvalue weighted by atomic mass is 16.4. The summed E-state index contributed by atoms with van der Waals surface area (Å²) in [7, 11) is 0.